The second kappa shape index (κ2) is 12.6. The van der Waals surface area contributed by atoms with Gasteiger partial charge < -0.3 is 10.2 Å². The minimum atomic E-state index is -0.635. The number of nitrogens with zero attached hydrogens (tertiary/aromatic N) is 1. The van der Waals surface area contributed by atoms with Crippen molar-refractivity contribution in [1.29, 1.82) is 0 Å². The van der Waals surface area contributed by atoms with Gasteiger partial charge in [-0.25, -0.2) is 0 Å². The van der Waals surface area contributed by atoms with Crippen LogP contribution in [0, 0.1) is 0 Å². The fraction of sp³-hybridized carbons (Fsp3) is 0.259. The van der Waals surface area contributed by atoms with Gasteiger partial charge in [0, 0.05) is 29.0 Å². The Labute approximate surface area is 209 Å². The smallest absolute Gasteiger partial charge is 0.243 e. The van der Waals surface area contributed by atoms with Crippen LogP contribution in [0.5, 0.6) is 0 Å². The molecule has 3 aromatic rings. The highest BCUT2D eigenvalue weighted by atomic mass is 79.9. The predicted molar refractivity (Wildman–Crippen MR) is 137 cm³/mol. The van der Waals surface area contributed by atoms with Gasteiger partial charge in [0.1, 0.15) is 6.04 Å². The van der Waals surface area contributed by atoms with Crippen molar-refractivity contribution in [2.75, 3.05) is 6.54 Å². The van der Waals surface area contributed by atoms with Gasteiger partial charge in [-0.2, -0.15) is 0 Å². The molecule has 33 heavy (non-hydrogen) atoms. The number of rotatable bonds is 10. The number of carbonyl (C=O) groups is 2. The Hall–Kier alpha value is -2.63. The van der Waals surface area contributed by atoms with E-state index in [2.05, 4.69) is 21.2 Å². The molecular weight excluding hydrogens is 500 g/mol. The summed E-state index contributed by atoms with van der Waals surface area (Å²) >= 11 is 9.65. The van der Waals surface area contributed by atoms with Gasteiger partial charge in [0.2, 0.25) is 11.8 Å². The second-order valence-electron chi connectivity index (χ2n) is 7.95. The lowest BCUT2D eigenvalue weighted by atomic mass is 10.0. The predicted octanol–water partition coefficient (Wildman–Crippen LogP) is 5.81. The minimum absolute atomic E-state index is 0.121. The molecule has 0 radical (unpaired) electrons. The van der Waals surface area contributed by atoms with Gasteiger partial charge in [-0.15, -0.1) is 0 Å². The molecule has 0 saturated carbocycles. The molecule has 0 spiro atoms. The molecule has 1 N–H and O–H groups in total. The molecule has 0 aromatic heterocycles. The van der Waals surface area contributed by atoms with Crippen LogP contribution in [0.2, 0.25) is 5.02 Å². The van der Waals surface area contributed by atoms with Crippen LogP contribution in [0.15, 0.2) is 83.3 Å². The van der Waals surface area contributed by atoms with E-state index in [0.29, 0.717) is 24.5 Å². The lowest BCUT2D eigenvalue weighted by Crippen LogP contribution is -2.51. The van der Waals surface area contributed by atoms with E-state index >= 15 is 0 Å². The Morgan fingerprint density at radius 1 is 0.939 bits per heavy atom. The van der Waals surface area contributed by atoms with Gasteiger partial charge in [-0.1, -0.05) is 89.1 Å². The van der Waals surface area contributed by atoms with E-state index in [4.69, 9.17) is 11.6 Å². The van der Waals surface area contributed by atoms with E-state index in [0.717, 1.165) is 27.6 Å². The molecule has 6 heteroatoms. The van der Waals surface area contributed by atoms with E-state index in [9.17, 15) is 9.59 Å². The standard InChI is InChI=1S/C27H28BrClN2O2/c1-2-14-30-27(33)25(17-20-8-4-3-5-9-20)31(19-22-11-6-12-23(28)15-22)26(32)18-21-10-7-13-24(29)16-21/h3-13,15-16,25H,2,14,17-19H2,1H3,(H,30,33). The van der Waals surface area contributed by atoms with Crippen molar-refractivity contribution in [2.24, 2.45) is 0 Å². The monoisotopic (exact) mass is 526 g/mol. The first-order valence-corrected chi connectivity index (χ1v) is 12.2. The molecule has 2 amide bonds. The van der Waals surface area contributed by atoms with Crippen LogP contribution in [0.3, 0.4) is 0 Å². The fourth-order valence-electron chi connectivity index (χ4n) is 3.68. The molecule has 0 fully saturated rings. The summed E-state index contributed by atoms with van der Waals surface area (Å²) in [5.41, 5.74) is 2.77. The van der Waals surface area contributed by atoms with Gasteiger partial charge in [0.25, 0.3) is 0 Å². The molecule has 0 aliphatic rings. The van der Waals surface area contributed by atoms with Crippen LogP contribution in [0.25, 0.3) is 0 Å². The van der Waals surface area contributed by atoms with Gasteiger partial charge >= 0.3 is 0 Å². The summed E-state index contributed by atoms with van der Waals surface area (Å²) in [6, 6.07) is 24.3. The molecular formula is C27H28BrClN2O2. The van der Waals surface area contributed by atoms with Crippen LogP contribution < -0.4 is 5.32 Å². The quantitative estimate of drug-likeness (QED) is 0.362. The Kier molecular flexibility index (Phi) is 9.52. The second-order valence-corrected chi connectivity index (χ2v) is 9.31. The van der Waals surface area contributed by atoms with E-state index in [1.165, 1.54) is 0 Å². The highest BCUT2D eigenvalue weighted by Gasteiger charge is 2.30. The third kappa shape index (κ3) is 7.72. The van der Waals surface area contributed by atoms with Crippen molar-refractivity contribution in [1.82, 2.24) is 10.2 Å². The Morgan fingerprint density at radius 2 is 1.64 bits per heavy atom. The maximum absolute atomic E-state index is 13.6. The van der Waals surface area contributed by atoms with Crippen LogP contribution >= 0.6 is 27.5 Å². The summed E-state index contributed by atoms with van der Waals surface area (Å²) in [5.74, 6) is -0.264. The molecule has 0 aliphatic heterocycles. The highest BCUT2D eigenvalue weighted by molar-refractivity contribution is 9.10. The Morgan fingerprint density at radius 3 is 2.33 bits per heavy atom. The fourth-order valence-corrected chi connectivity index (χ4v) is 4.33. The molecule has 3 rings (SSSR count). The topological polar surface area (TPSA) is 49.4 Å². The first-order chi connectivity index (χ1) is 16.0. The van der Waals surface area contributed by atoms with Gasteiger partial charge in [-0.05, 0) is 47.4 Å². The number of halogens is 2. The normalized spacial score (nSPS) is 11.6. The summed E-state index contributed by atoms with van der Waals surface area (Å²) in [6.07, 6.45) is 1.43. The van der Waals surface area contributed by atoms with E-state index in [1.54, 1.807) is 17.0 Å². The van der Waals surface area contributed by atoms with E-state index < -0.39 is 6.04 Å². The average molecular weight is 528 g/mol. The number of hydrogen-bond donors (Lipinski definition) is 1. The van der Waals surface area contributed by atoms with E-state index in [1.807, 2.05) is 73.7 Å². The number of hydrogen-bond acceptors (Lipinski definition) is 2. The summed E-state index contributed by atoms with van der Waals surface area (Å²) < 4.78 is 0.928. The summed E-state index contributed by atoms with van der Waals surface area (Å²) in [4.78, 5) is 28.6. The van der Waals surface area contributed by atoms with Crippen molar-refractivity contribution in [3.8, 4) is 0 Å². The molecule has 0 aliphatic carbocycles. The Balaban J connectivity index is 1.95. The summed E-state index contributed by atoms with van der Waals surface area (Å²) in [5, 5.41) is 3.58. The molecule has 1 unspecified atom stereocenters. The number of amides is 2. The maximum atomic E-state index is 13.6. The maximum Gasteiger partial charge on any atom is 0.243 e. The highest BCUT2D eigenvalue weighted by Crippen LogP contribution is 2.20. The lowest BCUT2D eigenvalue weighted by molar-refractivity contribution is -0.140. The van der Waals surface area contributed by atoms with Crippen LogP contribution in [0.1, 0.15) is 30.0 Å². The molecule has 3 aromatic carbocycles. The Bertz CT molecular complexity index is 1070. The van der Waals surface area contributed by atoms with Gasteiger partial charge in [0.05, 0.1) is 6.42 Å². The van der Waals surface area contributed by atoms with E-state index in [-0.39, 0.29) is 18.2 Å². The van der Waals surface area contributed by atoms with Crippen LogP contribution in [0.4, 0.5) is 0 Å². The SMILES string of the molecule is CCCNC(=O)C(Cc1ccccc1)N(Cc1cccc(Br)c1)C(=O)Cc1cccc(Cl)c1. The van der Waals surface area contributed by atoms with Crippen molar-refractivity contribution < 1.29 is 9.59 Å². The lowest BCUT2D eigenvalue weighted by Gasteiger charge is -2.31. The van der Waals surface area contributed by atoms with Crippen molar-refractivity contribution in [3.63, 3.8) is 0 Å². The van der Waals surface area contributed by atoms with Crippen LogP contribution in [-0.4, -0.2) is 29.3 Å². The van der Waals surface area contributed by atoms with Gasteiger partial charge in [-0.3, -0.25) is 9.59 Å². The number of nitrogens with one attached hydrogen (secondary N) is 1. The summed E-state index contributed by atoms with van der Waals surface area (Å²) in [6.45, 7) is 2.91. The minimum Gasteiger partial charge on any atom is -0.354 e. The third-order valence-electron chi connectivity index (χ3n) is 5.31. The summed E-state index contributed by atoms with van der Waals surface area (Å²) in [7, 11) is 0. The number of benzene rings is 3. The molecule has 1 atom stereocenters. The van der Waals surface area contributed by atoms with Gasteiger partial charge in [0.15, 0.2) is 0 Å². The molecule has 0 saturated heterocycles. The zero-order valence-corrected chi connectivity index (χ0v) is 21.0. The number of carbonyl (C=O) groups excluding carboxylic acids is 2. The zero-order valence-electron chi connectivity index (χ0n) is 18.6. The first-order valence-electron chi connectivity index (χ1n) is 11.1. The molecule has 172 valence electrons. The zero-order chi connectivity index (χ0) is 23.6. The molecule has 0 heterocycles. The molecule has 0 bridgehead atoms. The average Bonchev–Trinajstić information content (AvgIpc) is 2.80. The van der Waals surface area contributed by atoms with Crippen molar-refractivity contribution >= 4 is 39.3 Å². The largest absolute Gasteiger partial charge is 0.354 e. The molecule has 4 nitrogen and oxygen atoms in total. The van der Waals surface area contributed by atoms with Crippen LogP contribution in [-0.2, 0) is 29.0 Å². The first kappa shape index (κ1) is 25.0. The van der Waals surface area contributed by atoms with Crippen molar-refractivity contribution in [3.05, 3.63) is 105 Å². The van der Waals surface area contributed by atoms with Crippen molar-refractivity contribution in [2.45, 2.75) is 38.8 Å². The third-order valence-corrected chi connectivity index (χ3v) is 6.03.